The van der Waals surface area contributed by atoms with Crippen LogP contribution in [0.15, 0.2) is 43.0 Å². The molecule has 25 heavy (non-hydrogen) atoms. The molecule has 2 rings (SSSR count). The molecule has 0 amide bonds. The Labute approximate surface area is 148 Å². The van der Waals surface area contributed by atoms with E-state index in [0.717, 1.165) is 23.4 Å². The standard InChI is InChI=1S/C20H24N2O3/c1-6-8-17(15-10-11-19(24-4)20(13-15)25-5)22-14(3)12-16(21-22)18(23)9-7-2/h6,8,10-13H,1,7,9H2,2-5H3/b17-8-. The van der Waals surface area contributed by atoms with E-state index >= 15 is 0 Å². The molecule has 0 unspecified atom stereocenters. The minimum Gasteiger partial charge on any atom is -0.493 e. The van der Waals surface area contributed by atoms with Crippen molar-refractivity contribution < 1.29 is 14.3 Å². The number of carbonyl (C=O) groups excluding carboxylic acids is 1. The maximum atomic E-state index is 12.2. The molecule has 0 fully saturated rings. The predicted octanol–water partition coefficient (Wildman–Crippen LogP) is 4.27. The second kappa shape index (κ2) is 8.33. The van der Waals surface area contributed by atoms with Gasteiger partial charge in [0.25, 0.3) is 0 Å². The molecular formula is C20H24N2O3. The number of benzene rings is 1. The van der Waals surface area contributed by atoms with E-state index in [1.54, 1.807) is 25.0 Å². The van der Waals surface area contributed by atoms with Crippen molar-refractivity contribution in [2.45, 2.75) is 26.7 Å². The number of hydrogen-bond acceptors (Lipinski definition) is 4. The van der Waals surface area contributed by atoms with Crippen LogP contribution in [0.25, 0.3) is 5.70 Å². The molecule has 132 valence electrons. The number of allylic oxidation sites excluding steroid dienone is 2. The van der Waals surface area contributed by atoms with Crippen molar-refractivity contribution in [1.82, 2.24) is 9.78 Å². The highest BCUT2D eigenvalue weighted by atomic mass is 16.5. The van der Waals surface area contributed by atoms with Gasteiger partial charge < -0.3 is 9.47 Å². The van der Waals surface area contributed by atoms with Gasteiger partial charge in [0.1, 0.15) is 5.69 Å². The van der Waals surface area contributed by atoms with Crippen LogP contribution in [0.2, 0.25) is 0 Å². The molecule has 0 bridgehead atoms. The van der Waals surface area contributed by atoms with Gasteiger partial charge in [0.05, 0.1) is 19.9 Å². The molecule has 0 saturated carbocycles. The van der Waals surface area contributed by atoms with Gasteiger partial charge in [-0.1, -0.05) is 19.6 Å². The van der Waals surface area contributed by atoms with Crippen LogP contribution in [0.4, 0.5) is 0 Å². The Morgan fingerprint density at radius 1 is 1.24 bits per heavy atom. The Kier molecular flexibility index (Phi) is 6.17. The highest BCUT2D eigenvalue weighted by Crippen LogP contribution is 2.31. The molecule has 0 aliphatic heterocycles. The number of ketones is 1. The number of aryl methyl sites for hydroxylation is 1. The van der Waals surface area contributed by atoms with Crippen molar-refractivity contribution in [1.29, 1.82) is 0 Å². The van der Waals surface area contributed by atoms with E-state index in [9.17, 15) is 4.79 Å². The van der Waals surface area contributed by atoms with Crippen LogP contribution < -0.4 is 9.47 Å². The van der Waals surface area contributed by atoms with Crippen LogP contribution in [0.1, 0.15) is 41.5 Å². The highest BCUT2D eigenvalue weighted by Gasteiger charge is 2.16. The van der Waals surface area contributed by atoms with Crippen LogP contribution in [-0.2, 0) is 0 Å². The minimum absolute atomic E-state index is 0.0506. The van der Waals surface area contributed by atoms with Gasteiger partial charge in [-0.15, -0.1) is 0 Å². The molecule has 0 radical (unpaired) electrons. The fourth-order valence-electron chi connectivity index (χ4n) is 2.61. The lowest BCUT2D eigenvalue weighted by Crippen LogP contribution is -2.06. The fraction of sp³-hybridized carbons (Fsp3) is 0.300. The van der Waals surface area contributed by atoms with Gasteiger partial charge in [-0.05, 0) is 43.7 Å². The number of ether oxygens (including phenoxy) is 2. The summed E-state index contributed by atoms with van der Waals surface area (Å²) in [5, 5.41) is 4.50. The lowest BCUT2D eigenvalue weighted by Gasteiger charge is -2.13. The average molecular weight is 340 g/mol. The zero-order valence-electron chi connectivity index (χ0n) is 15.2. The third-order valence-electron chi connectivity index (χ3n) is 3.83. The van der Waals surface area contributed by atoms with E-state index in [0.29, 0.717) is 23.6 Å². The number of rotatable bonds is 8. The highest BCUT2D eigenvalue weighted by molar-refractivity contribution is 5.94. The van der Waals surface area contributed by atoms with Crippen molar-refractivity contribution >= 4 is 11.5 Å². The molecule has 5 heteroatoms. The van der Waals surface area contributed by atoms with Crippen LogP contribution in [0.5, 0.6) is 11.5 Å². The summed E-state index contributed by atoms with van der Waals surface area (Å²) in [5.41, 5.74) is 3.05. The van der Waals surface area contributed by atoms with E-state index < -0.39 is 0 Å². The van der Waals surface area contributed by atoms with Crippen LogP contribution >= 0.6 is 0 Å². The Hall–Kier alpha value is -2.82. The van der Waals surface area contributed by atoms with E-state index in [4.69, 9.17) is 9.47 Å². The van der Waals surface area contributed by atoms with Gasteiger partial charge in [-0.2, -0.15) is 5.10 Å². The van der Waals surface area contributed by atoms with Crippen molar-refractivity contribution in [2.75, 3.05) is 14.2 Å². The molecule has 0 aliphatic carbocycles. The molecular weight excluding hydrogens is 316 g/mol. The normalized spacial score (nSPS) is 11.3. The fourth-order valence-corrected chi connectivity index (χ4v) is 2.61. The summed E-state index contributed by atoms with van der Waals surface area (Å²) in [6.07, 6.45) is 4.85. The molecule has 5 nitrogen and oxygen atoms in total. The van der Waals surface area contributed by atoms with Crippen LogP contribution in [-0.4, -0.2) is 29.8 Å². The largest absolute Gasteiger partial charge is 0.493 e. The van der Waals surface area contributed by atoms with Gasteiger partial charge >= 0.3 is 0 Å². The van der Waals surface area contributed by atoms with Gasteiger partial charge in [0.15, 0.2) is 17.3 Å². The smallest absolute Gasteiger partial charge is 0.183 e. The summed E-state index contributed by atoms with van der Waals surface area (Å²) >= 11 is 0. The number of nitrogens with zero attached hydrogens (tertiary/aromatic N) is 2. The first kappa shape index (κ1) is 18.5. The van der Waals surface area contributed by atoms with Gasteiger partial charge in [0.2, 0.25) is 0 Å². The van der Waals surface area contributed by atoms with E-state index in [1.807, 2.05) is 44.2 Å². The molecule has 0 saturated heterocycles. The molecule has 0 N–H and O–H groups in total. The number of Topliss-reactive ketones (excluding diaryl/α,β-unsaturated/α-hetero) is 1. The zero-order valence-corrected chi connectivity index (χ0v) is 15.2. The molecule has 0 spiro atoms. The number of aromatic nitrogens is 2. The summed E-state index contributed by atoms with van der Waals surface area (Å²) in [7, 11) is 3.19. The first-order chi connectivity index (χ1) is 12.0. The Bertz CT molecular complexity index is 803. The molecule has 0 atom stereocenters. The van der Waals surface area contributed by atoms with E-state index in [1.165, 1.54) is 0 Å². The van der Waals surface area contributed by atoms with Crippen molar-refractivity contribution in [3.63, 3.8) is 0 Å². The van der Waals surface area contributed by atoms with Crippen molar-refractivity contribution in [3.8, 4) is 11.5 Å². The average Bonchev–Trinajstić information content (AvgIpc) is 3.01. The molecule has 1 aromatic carbocycles. The van der Waals surface area contributed by atoms with Gasteiger partial charge in [-0.25, -0.2) is 4.68 Å². The van der Waals surface area contributed by atoms with Gasteiger partial charge in [-0.3, -0.25) is 4.79 Å². The maximum absolute atomic E-state index is 12.2. The summed E-state index contributed by atoms with van der Waals surface area (Å²) in [6, 6.07) is 7.46. The third kappa shape index (κ3) is 3.99. The first-order valence-corrected chi connectivity index (χ1v) is 8.21. The summed E-state index contributed by atoms with van der Waals surface area (Å²) in [5.74, 6) is 1.33. The summed E-state index contributed by atoms with van der Waals surface area (Å²) in [4.78, 5) is 12.2. The lowest BCUT2D eigenvalue weighted by molar-refractivity contribution is 0.0976. The Balaban J connectivity index is 2.51. The number of carbonyl (C=O) groups is 1. The molecule has 0 aliphatic rings. The molecule has 2 aromatic rings. The first-order valence-electron chi connectivity index (χ1n) is 8.21. The SMILES string of the molecule is C=C/C=C(/c1ccc(OC)c(OC)c1)n1nc(C(=O)CCC)cc1C. The lowest BCUT2D eigenvalue weighted by atomic mass is 10.1. The Morgan fingerprint density at radius 3 is 2.56 bits per heavy atom. The minimum atomic E-state index is 0.0506. The monoisotopic (exact) mass is 340 g/mol. The van der Waals surface area contributed by atoms with Gasteiger partial charge in [0, 0.05) is 17.7 Å². The second-order valence-corrected chi connectivity index (χ2v) is 5.61. The number of hydrogen-bond donors (Lipinski definition) is 0. The molecule has 1 aromatic heterocycles. The quantitative estimate of drug-likeness (QED) is 0.532. The summed E-state index contributed by atoms with van der Waals surface area (Å²) < 4.78 is 12.4. The zero-order chi connectivity index (χ0) is 18.4. The predicted molar refractivity (Wildman–Crippen MR) is 99.3 cm³/mol. The van der Waals surface area contributed by atoms with Crippen molar-refractivity contribution in [3.05, 3.63) is 59.9 Å². The van der Waals surface area contributed by atoms with E-state index in [-0.39, 0.29) is 5.78 Å². The van der Waals surface area contributed by atoms with Crippen LogP contribution in [0.3, 0.4) is 0 Å². The third-order valence-corrected chi connectivity index (χ3v) is 3.83. The van der Waals surface area contributed by atoms with Crippen molar-refractivity contribution in [2.24, 2.45) is 0 Å². The second-order valence-electron chi connectivity index (χ2n) is 5.61. The van der Waals surface area contributed by atoms with Crippen LogP contribution in [0, 0.1) is 6.92 Å². The Morgan fingerprint density at radius 2 is 1.96 bits per heavy atom. The summed E-state index contributed by atoms with van der Waals surface area (Å²) in [6.45, 7) is 7.69. The number of methoxy groups -OCH3 is 2. The maximum Gasteiger partial charge on any atom is 0.183 e. The molecule has 1 heterocycles. The topological polar surface area (TPSA) is 53.4 Å². The van der Waals surface area contributed by atoms with E-state index in [2.05, 4.69) is 11.7 Å².